The number of rotatable bonds is 3. The zero-order valence-corrected chi connectivity index (χ0v) is 11.3. The van der Waals surface area contributed by atoms with Gasteiger partial charge < -0.3 is 9.88 Å². The summed E-state index contributed by atoms with van der Waals surface area (Å²) in [6, 6.07) is 3.66. The van der Waals surface area contributed by atoms with Gasteiger partial charge in [-0.05, 0) is 39.3 Å². The van der Waals surface area contributed by atoms with E-state index < -0.39 is 5.82 Å². The van der Waals surface area contributed by atoms with Crippen molar-refractivity contribution in [3.8, 4) is 0 Å². The molecule has 19 heavy (non-hydrogen) atoms. The van der Waals surface area contributed by atoms with E-state index in [0.717, 1.165) is 6.07 Å². The first-order valence-electron chi connectivity index (χ1n) is 5.14. The molecule has 0 saturated carbocycles. The number of nitroso groups, excluding NO2 is 1. The van der Waals surface area contributed by atoms with Crippen molar-refractivity contribution in [3.63, 3.8) is 0 Å². The van der Waals surface area contributed by atoms with Gasteiger partial charge in [0.1, 0.15) is 10.3 Å². The SMILES string of the molecule is Cn1cc(Br)nc(Nc2ccc(F)c(N=O)c2)c1=O. The molecule has 2 rings (SSSR count). The molecule has 0 atom stereocenters. The molecule has 0 radical (unpaired) electrons. The summed E-state index contributed by atoms with van der Waals surface area (Å²) in [4.78, 5) is 26.2. The molecule has 2 aromatic rings. The van der Waals surface area contributed by atoms with Crippen LogP contribution in [0.2, 0.25) is 0 Å². The minimum absolute atomic E-state index is 0.0559. The number of halogens is 2. The van der Waals surface area contributed by atoms with Gasteiger partial charge in [0.05, 0.1) is 0 Å². The van der Waals surface area contributed by atoms with Crippen LogP contribution in [-0.2, 0) is 7.05 Å². The summed E-state index contributed by atoms with van der Waals surface area (Å²) < 4.78 is 14.9. The molecule has 0 aliphatic rings. The van der Waals surface area contributed by atoms with E-state index in [-0.39, 0.29) is 17.1 Å². The van der Waals surface area contributed by atoms with Crippen LogP contribution in [0.15, 0.2) is 39.0 Å². The highest BCUT2D eigenvalue weighted by Crippen LogP contribution is 2.23. The first kappa shape index (κ1) is 13.3. The fourth-order valence-electron chi connectivity index (χ4n) is 1.45. The Hall–Kier alpha value is -2.09. The Morgan fingerprint density at radius 1 is 1.47 bits per heavy atom. The summed E-state index contributed by atoms with van der Waals surface area (Å²) in [6.07, 6.45) is 1.51. The first-order chi connectivity index (χ1) is 9.01. The van der Waals surface area contributed by atoms with Crippen LogP contribution < -0.4 is 10.9 Å². The molecule has 0 amide bonds. The largest absolute Gasteiger partial charge is 0.335 e. The molecule has 0 bridgehead atoms. The molecule has 0 saturated heterocycles. The molecule has 1 aromatic carbocycles. The van der Waals surface area contributed by atoms with Gasteiger partial charge in [0.15, 0.2) is 11.6 Å². The van der Waals surface area contributed by atoms with Crippen LogP contribution >= 0.6 is 15.9 Å². The van der Waals surface area contributed by atoms with Gasteiger partial charge in [-0.15, -0.1) is 4.91 Å². The van der Waals surface area contributed by atoms with Crippen molar-refractivity contribution in [2.75, 3.05) is 5.32 Å². The van der Waals surface area contributed by atoms with Gasteiger partial charge in [-0.25, -0.2) is 9.37 Å². The van der Waals surface area contributed by atoms with E-state index in [0.29, 0.717) is 10.3 Å². The lowest BCUT2D eigenvalue weighted by Gasteiger charge is -2.07. The number of nitrogens with one attached hydrogen (secondary N) is 1. The molecular weight excluding hydrogens is 319 g/mol. The third kappa shape index (κ3) is 2.84. The van der Waals surface area contributed by atoms with Crippen LogP contribution in [0, 0.1) is 10.7 Å². The van der Waals surface area contributed by atoms with Crippen LogP contribution in [0.5, 0.6) is 0 Å². The number of nitrogens with zero attached hydrogens (tertiary/aromatic N) is 3. The Balaban J connectivity index is 2.42. The second-order valence-electron chi connectivity index (χ2n) is 3.71. The van der Waals surface area contributed by atoms with Gasteiger partial charge in [-0.1, -0.05) is 0 Å². The van der Waals surface area contributed by atoms with Crippen molar-refractivity contribution >= 4 is 33.1 Å². The van der Waals surface area contributed by atoms with E-state index in [4.69, 9.17) is 0 Å². The predicted octanol–water partition coefficient (Wildman–Crippen LogP) is 2.82. The van der Waals surface area contributed by atoms with Gasteiger partial charge in [0.25, 0.3) is 5.56 Å². The molecule has 0 unspecified atom stereocenters. The lowest BCUT2D eigenvalue weighted by molar-refractivity contribution is 0.630. The summed E-state index contributed by atoms with van der Waals surface area (Å²) in [7, 11) is 1.57. The quantitative estimate of drug-likeness (QED) is 0.880. The third-order valence-corrected chi connectivity index (χ3v) is 2.73. The fraction of sp³-hybridized carbons (Fsp3) is 0.0909. The second kappa shape index (κ2) is 5.27. The molecule has 1 heterocycles. The van der Waals surface area contributed by atoms with E-state index >= 15 is 0 Å². The Kier molecular flexibility index (Phi) is 3.70. The number of benzene rings is 1. The first-order valence-corrected chi connectivity index (χ1v) is 5.93. The normalized spacial score (nSPS) is 10.3. The summed E-state index contributed by atoms with van der Waals surface area (Å²) >= 11 is 3.16. The van der Waals surface area contributed by atoms with Crippen molar-refractivity contribution in [2.45, 2.75) is 0 Å². The van der Waals surface area contributed by atoms with Gasteiger partial charge in [-0.2, -0.15) is 0 Å². The van der Waals surface area contributed by atoms with Crippen LogP contribution in [-0.4, -0.2) is 9.55 Å². The number of aromatic nitrogens is 2. The summed E-state index contributed by atoms with van der Waals surface area (Å²) in [5.74, 6) is -0.670. The minimum Gasteiger partial charge on any atom is -0.335 e. The van der Waals surface area contributed by atoms with Crippen molar-refractivity contribution in [2.24, 2.45) is 12.2 Å². The zero-order chi connectivity index (χ0) is 14.0. The summed E-state index contributed by atoms with van der Waals surface area (Å²) in [6.45, 7) is 0. The molecule has 0 spiro atoms. The molecule has 8 heteroatoms. The highest BCUT2D eigenvalue weighted by Gasteiger charge is 2.08. The third-order valence-electron chi connectivity index (χ3n) is 2.35. The standard InChI is InChI=1S/C11H8BrFN4O2/c1-17-5-9(12)15-10(11(17)18)14-6-2-3-7(13)8(4-6)16-19/h2-5H,1H3,(H,14,15). The van der Waals surface area contributed by atoms with Gasteiger partial charge in [0.2, 0.25) is 0 Å². The zero-order valence-electron chi connectivity index (χ0n) is 9.72. The Bertz CT molecular complexity index is 702. The van der Waals surface area contributed by atoms with Crippen molar-refractivity contribution in [3.05, 3.63) is 50.1 Å². The van der Waals surface area contributed by atoms with Crippen LogP contribution in [0.1, 0.15) is 0 Å². The lowest BCUT2D eigenvalue weighted by Crippen LogP contribution is -2.21. The number of hydrogen-bond donors (Lipinski definition) is 1. The summed E-state index contributed by atoms with van der Waals surface area (Å²) in [5, 5.41) is 5.27. The molecular formula is C11H8BrFN4O2. The molecule has 0 aliphatic heterocycles. The minimum atomic E-state index is -0.726. The maximum atomic E-state index is 13.1. The highest BCUT2D eigenvalue weighted by molar-refractivity contribution is 9.10. The van der Waals surface area contributed by atoms with E-state index in [1.165, 1.54) is 22.9 Å². The van der Waals surface area contributed by atoms with Gasteiger partial charge in [-0.3, -0.25) is 4.79 Å². The monoisotopic (exact) mass is 326 g/mol. The van der Waals surface area contributed by atoms with E-state index in [1.54, 1.807) is 7.05 Å². The molecule has 0 aliphatic carbocycles. The Labute approximate surface area is 115 Å². The van der Waals surface area contributed by atoms with E-state index in [9.17, 15) is 14.1 Å². The highest BCUT2D eigenvalue weighted by atomic mass is 79.9. The maximum absolute atomic E-state index is 13.1. The topological polar surface area (TPSA) is 76.3 Å². The van der Waals surface area contributed by atoms with Crippen molar-refractivity contribution in [1.29, 1.82) is 0 Å². The Morgan fingerprint density at radius 2 is 2.21 bits per heavy atom. The molecule has 1 aromatic heterocycles. The number of aryl methyl sites for hydroxylation is 1. The van der Waals surface area contributed by atoms with Gasteiger partial charge in [0, 0.05) is 18.9 Å². The van der Waals surface area contributed by atoms with Crippen LogP contribution in [0.25, 0.3) is 0 Å². The second-order valence-corrected chi connectivity index (χ2v) is 4.52. The Morgan fingerprint density at radius 3 is 2.89 bits per heavy atom. The van der Waals surface area contributed by atoms with E-state index in [2.05, 4.69) is 31.4 Å². The van der Waals surface area contributed by atoms with E-state index in [1.807, 2.05) is 0 Å². The van der Waals surface area contributed by atoms with Crippen molar-refractivity contribution in [1.82, 2.24) is 9.55 Å². The average Bonchev–Trinajstić information content (AvgIpc) is 2.37. The smallest absolute Gasteiger partial charge is 0.293 e. The summed E-state index contributed by atoms with van der Waals surface area (Å²) in [5.41, 5.74) is -0.344. The molecule has 1 N–H and O–H groups in total. The number of anilines is 2. The molecule has 6 nitrogen and oxygen atoms in total. The fourth-order valence-corrected chi connectivity index (χ4v) is 1.93. The number of hydrogen-bond acceptors (Lipinski definition) is 5. The average molecular weight is 327 g/mol. The van der Waals surface area contributed by atoms with Crippen LogP contribution in [0.4, 0.5) is 21.6 Å². The van der Waals surface area contributed by atoms with Crippen molar-refractivity contribution < 1.29 is 4.39 Å². The predicted molar refractivity (Wildman–Crippen MR) is 72.3 cm³/mol. The maximum Gasteiger partial charge on any atom is 0.293 e. The molecule has 98 valence electrons. The lowest BCUT2D eigenvalue weighted by atomic mass is 10.2. The molecule has 0 fully saturated rings. The van der Waals surface area contributed by atoms with Crippen LogP contribution in [0.3, 0.4) is 0 Å². The van der Waals surface area contributed by atoms with Gasteiger partial charge >= 0.3 is 0 Å².